The van der Waals surface area contributed by atoms with E-state index >= 15 is 0 Å². The number of nitrogens with zero attached hydrogens (tertiary/aromatic N) is 5. The molecule has 0 saturated carbocycles. The molecule has 0 aliphatic carbocycles. The number of carbonyl (C=O) groups excluding carboxylic acids is 1. The van der Waals surface area contributed by atoms with Gasteiger partial charge in [-0.3, -0.25) is 10.1 Å². The monoisotopic (exact) mass is 582 g/mol. The zero-order valence-corrected chi connectivity index (χ0v) is 25.8. The largest absolute Gasteiger partial charge is 0.485 e. The first-order valence-corrected chi connectivity index (χ1v) is 15.4. The number of hydrogen-bond donors (Lipinski definition) is 1. The van der Waals surface area contributed by atoms with Crippen molar-refractivity contribution in [1.29, 1.82) is 0 Å². The summed E-state index contributed by atoms with van der Waals surface area (Å²) in [6.45, 7) is 13.3. The van der Waals surface area contributed by atoms with Gasteiger partial charge in [-0.15, -0.1) is 20.4 Å². The van der Waals surface area contributed by atoms with E-state index in [0.29, 0.717) is 22.7 Å². The zero-order chi connectivity index (χ0) is 28.2. The summed E-state index contributed by atoms with van der Waals surface area (Å²) in [5.74, 6) is 2.32. The van der Waals surface area contributed by atoms with Gasteiger partial charge < -0.3 is 9.30 Å². The zero-order valence-electron chi connectivity index (χ0n) is 23.4. The number of aryl methyl sites for hydroxylation is 3. The van der Waals surface area contributed by atoms with Crippen molar-refractivity contribution in [2.45, 2.75) is 68.8 Å². The van der Waals surface area contributed by atoms with Gasteiger partial charge in [-0.2, -0.15) is 0 Å². The number of benzene rings is 2. The summed E-state index contributed by atoms with van der Waals surface area (Å²) in [4.78, 5) is 12.6. The second-order valence-corrected chi connectivity index (χ2v) is 13.5. The topological polar surface area (TPSA) is 94.8 Å². The number of ether oxygens (including phenoxy) is 1. The van der Waals surface area contributed by atoms with Crippen LogP contribution in [0.25, 0.3) is 0 Å². The summed E-state index contributed by atoms with van der Waals surface area (Å²) in [6, 6.07) is 12.4. The molecule has 206 valence electrons. The molecule has 0 bridgehead atoms. The lowest BCUT2D eigenvalue weighted by molar-refractivity contribution is -0.113. The molecule has 0 fully saturated rings. The summed E-state index contributed by atoms with van der Waals surface area (Å²) in [6.07, 6.45) is 0. The predicted octanol–water partition coefficient (Wildman–Crippen LogP) is 6.49. The molecule has 0 atom stereocenters. The summed E-state index contributed by atoms with van der Waals surface area (Å²) in [5.41, 5.74) is 6.42. The molecule has 1 N–H and O–H groups in total. The molecule has 11 heteroatoms. The van der Waals surface area contributed by atoms with Crippen LogP contribution in [0.4, 0.5) is 5.13 Å². The highest BCUT2D eigenvalue weighted by Crippen LogP contribution is 2.33. The number of anilines is 1. The Balaban J connectivity index is 1.27. The highest BCUT2D eigenvalue weighted by molar-refractivity contribution is 8.00. The second kappa shape index (κ2) is 12.5. The van der Waals surface area contributed by atoms with Crippen molar-refractivity contribution in [3.63, 3.8) is 0 Å². The van der Waals surface area contributed by atoms with Crippen molar-refractivity contribution in [2.24, 2.45) is 7.05 Å². The molecule has 1 amide bonds. The van der Waals surface area contributed by atoms with Crippen LogP contribution in [-0.4, -0.2) is 36.6 Å². The van der Waals surface area contributed by atoms with Crippen LogP contribution in [0.15, 0.2) is 45.9 Å². The third-order valence-electron chi connectivity index (χ3n) is 6.26. The van der Waals surface area contributed by atoms with E-state index in [1.54, 1.807) is 11.8 Å². The molecule has 2 aromatic carbocycles. The predicted molar refractivity (Wildman–Crippen MR) is 160 cm³/mol. The molecule has 8 nitrogen and oxygen atoms in total. The maximum atomic E-state index is 12.6. The Hall–Kier alpha value is -2.89. The van der Waals surface area contributed by atoms with Gasteiger partial charge in [-0.25, -0.2) is 0 Å². The molecule has 2 aromatic heterocycles. The minimum Gasteiger partial charge on any atom is -0.485 e. The third-order valence-corrected chi connectivity index (χ3v) is 9.28. The van der Waals surface area contributed by atoms with Crippen LogP contribution in [-0.2, 0) is 29.6 Å². The Bertz CT molecular complexity index is 1430. The van der Waals surface area contributed by atoms with E-state index in [9.17, 15) is 4.79 Å². The van der Waals surface area contributed by atoms with Gasteiger partial charge in [0, 0.05) is 12.8 Å². The van der Waals surface area contributed by atoms with Crippen molar-refractivity contribution in [3.05, 3.63) is 70.0 Å². The van der Waals surface area contributed by atoms with E-state index in [1.807, 2.05) is 42.8 Å². The number of rotatable bonds is 10. The van der Waals surface area contributed by atoms with Gasteiger partial charge in [-0.05, 0) is 60.1 Å². The van der Waals surface area contributed by atoms with Crippen LogP contribution in [0.3, 0.4) is 0 Å². The summed E-state index contributed by atoms with van der Waals surface area (Å²) in [7, 11) is 1.87. The summed E-state index contributed by atoms with van der Waals surface area (Å²) >= 11 is 4.33. The van der Waals surface area contributed by atoms with Gasteiger partial charge in [0.05, 0.1) is 5.75 Å². The molecule has 2 heterocycles. The first kappa shape index (κ1) is 29.1. The van der Waals surface area contributed by atoms with E-state index in [-0.39, 0.29) is 17.1 Å². The number of carbonyl (C=O) groups is 1. The summed E-state index contributed by atoms with van der Waals surface area (Å²) < 4.78 is 8.54. The summed E-state index contributed by atoms with van der Waals surface area (Å²) in [5, 5.41) is 20.8. The number of para-hydroxylation sites is 1. The Labute approximate surface area is 242 Å². The van der Waals surface area contributed by atoms with E-state index in [4.69, 9.17) is 4.74 Å². The van der Waals surface area contributed by atoms with Gasteiger partial charge in [0.2, 0.25) is 11.0 Å². The van der Waals surface area contributed by atoms with Crippen LogP contribution in [0.5, 0.6) is 5.75 Å². The highest BCUT2D eigenvalue weighted by Gasteiger charge is 2.18. The van der Waals surface area contributed by atoms with Crippen molar-refractivity contribution in [1.82, 2.24) is 25.0 Å². The molecular weight excluding hydrogens is 549 g/mol. The number of nitrogens with one attached hydrogen (secondary N) is 1. The number of aromatic nitrogens is 5. The molecule has 39 heavy (non-hydrogen) atoms. The van der Waals surface area contributed by atoms with Crippen LogP contribution < -0.4 is 10.1 Å². The van der Waals surface area contributed by atoms with Crippen LogP contribution in [0.1, 0.15) is 54.4 Å². The Kier molecular flexibility index (Phi) is 9.35. The molecule has 0 aliphatic heterocycles. The Morgan fingerprint density at radius 2 is 1.72 bits per heavy atom. The lowest BCUT2D eigenvalue weighted by Gasteiger charge is -2.22. The van der Waals surface area contributed by atoms with Crippen LogP contribution in [0, 0.1) is 20.8 Å². The average Bonchev–Trinajstić information content (AvgIpc) is 3.46. The van der Waals surface area contributed by atoms with Crippen molar-refractivity contribution < 1.29 is 9.53 Å². The highest BCUT2D eigenvalue weighted by atomic mass is 32.2. The first-order valence-electron chi connectivity index (χ1n) is 12.6. The third kappa shape index (κ3) is 7.61. The fourth-order valence-corrected chi connectivity index (χ4v) is 6.54. The molecule has 0 aliphatic rings. The standard InChI is InChI=1S/C28H34N6O2S3/c1-17-10-8-9-11-22(17)36-14-23-30-32-26(34(23)7)37-16-24(35)29-25-31-33-27(39-25)38-15-21-18(2)12-20(13-19(21)3)28(4,5)6/h8-13H,14-16H2,1-7H3,(H,29,31,35). The minimum atomic E-state index is -0.169. The molecular formula is C28H34N6O2S3. The fraction of sp³-hybridized carbons (Fsp3) is 0.393. The molecule has 0 saturated heterocycles. The van der Waals surface area contributed by atoms with Gasteiger partial charge in [0.25, 0.3) is 0 Å². The Morgan fingerprint density at radius 3 is 2.41 bits per heavy atom. The van der Waals surface area contributed by atoms with Crippen molar-refractivity contribution in [2.75, 3.05) is 11.1 Å². The quantitative estimate of drug-likeness (QED) is 0.167. The van der Waals surface area contributed by atoms with Crippen molar-refractivity contribution in [3.8, 4) is 5.75 Å². The maximum absolute atomic E-state index is 12.6. The van der Waals surface area contributed by atoms with Gasteiger partial charge in [-0.1, -0.05) is 86.0 Å². The molecule has 0 radical (unpaired) electrons. The van der Waals surface area contributed by atoms with E-state index < -0.39 is 0 Å². The maximum Gasteiger partial charge on any atom is 0.236 e. The molecule has 4 rings (SSSR count). The van der Waals surface area contributed by atoms with E-state index in [2.05, 4.69) is 72.5 Å². The van der Waals surface area contributed by atoms with Crippen LogP contribution in [0.2, 0.25) is 0 Å². The first-order chi connectivity index (χ1) is 18.5. The number of hydrogen-bond acceptors (Lipinski definition) is 9. The average molecular weight is 583 g/mol. The second-order valence-electron chi connectivity index (χ2n) is 10.3. The lowest BCUT2D eigenvalue weighted by atomic mass is 9.84. The number of thioether (sulfide) groups is 2. The lowest BCUT2D eigenvalue weighted by Crippen LogP contribution is -2.14. The Morgan fingerprint density at radius 1 is 1.00 bits per heavy atom. The van der Waals surface area contributed by atoms with Gasteiger partial charge >= 0.3 is 0 Å². The normalized spacial score (nSPS) is 11.6. The minimum absolute atomic E-state index is 0.122. The molecule has 0 unspecified atom stereocenters. The van der Waals surface area contributed by atoms with E-state index in [1.165, 1.54) is 45.4 Å². The SMILES string of the molecule is Cc1ccccc1OCc1nnc(SCC(=O)Nc2nnc(SCc3c(C)cc(C(C)(C)C)cc3C)s2)n1C. The molecule has 0 spiro atoms. The van der Waals surface area contributed by atoms with Gasteiger partial charge in [0.15, 0.2) is 15.3 Å². The fourth-order valence-electron chi connectivity index (χ4n) is 3.85. The smallest absolute Gasteiger partial charge is 0.236 e. The van der Waals surface area contributed by atoms with E-state index in [0.717, 1.165) is 21.4 Å². The number of amides is 1. The molecule has 4 aromatic rings. The van der Waals surface area contributed by atoms with Crippen LogP contribution >= 0.6 is 34.9 Å². The van der Waals surface area contributed by atoms with Crippen molar-refractivity contribution >= 4 is 45.9 Å². The van der Waals surface area contributed by atoms with Gasteiger partial charge in [0.1, 0.15) is 12.4 Å².